The number of halogens is 4. The summed E-state index contributed by atoms with van der Waals surface area (Å²) in [5, 5.41) is 9.52. The lowest BCUT2D eigenvalue weighted by molar-refractivity contribution is -0.125. The number of hydrogen-bond acceptors (Lipinski definition) is 6. The number of amides is 4. The summed E-state index contributed by atoms with van der Waals surface area (Å²) >= 11 is 17.0. The van der Waals surface area contributed by atoms with E-state index in [4.69, 9.17) is 27.9 Å². The molecule has 12 heteroatoms. The van der Waals surface area contributed by atoms with Crippen molar-refractivity contribution in [2.75, 3.05) is 23.0 Å². The maximum atomic E-state index is 14.5. The number of hydrogen-bond donors (Lipinski definition) is 1. The van der Waals surface area contributed by atoms with Crippen molar-refractivity contribution in [3.63, 3.8) is 0 Å². The number of alkyl halides is 2. The Bertz CT molecular complexity index is 1820. The van der Waals surface area contributed by atoms with Crippen LogP contribution in [0.2, 0.25) is 0 Å². The summed E-state index contributed by atoms with van der Waals surface area (Å²) in [7, 11) is 0. The molecule has 0 spiro atoms. The molecule has 3 fully saturated rings. The average Bonchev–Trinajstić information content (AvgIpc) is 3.39. The van der Waals surface area contributed by atoms with Gasteiger partial charge in [-0.3, -0.25) is 24.1 Å². The zero-order chi connectivity index (χ0) is 32.5. The van der Waals surface area contributed by atoms with Crippen molar-refractivity contribution < 1.29 is 33.4 Å². The Morgan fingerprint density at radius 2 is 1.52 bits per heavy atom. The summed E-state index contributed by atoms with van der Waals surface area (Å²) < 4.78 is 20.7. The number of ether oxygens (including phenoxy) is 1. The van der Waals surface area contributed by atoms with Crippen molar-refractivity contribution in [2.24, 2.45) is 17.8 Å². The molecule has 3 aromatic carbocycles. The summed E-state index contributed by atoms with van der Waals surface area (Å²) in [5.74, 6) is -5.94. The third-order valence-electron chi connectivity index (χ3n) is 9.56. The molecule has 4 amide bonds. The first kappa shape index (κ1) is 31.3. The topological polar surface area (TPSA) is 104 Å². The first-order valence-electron chi connectivity index (χ1n) is 14.7. The lowest BCUT2D eigenvalue weighted by Gasteiger charge is -2.50. The lowest BCUT2D eigenvalue weighted by Crippen LogP contribution is -2.60. The summed E-state index contributed by atoms with van der Waals surface area (Å²) in [6.45, 7) is -0.328. The molecule has 6 atom stereocenters. The van der Waals surface area contributed by atoms with Gasteiger partial charge in [-0.2, -0.15) is 0 Å². The number of allylic oxidation sites excluding steroid dienone is 2. The number of aliphatic hydroxyl groups excluding tert-OH is 1. The van der Waals surface area contributed by atoms with Gasteiger partial charge < -0.3 is 9.84 Å². The van der Waals surface area contributed by atoms with Gasteiger partial charge in [0, 0.05) is 15.1 Å². The van der Waals surface area contributed by atoms with E-state index in [0.29, 0.717) is 22.6 Å². The highest BCUT2D eigenvalue weighted by Gasteiger charge is 2.77. The molecule has 1 saturated carbocycles. The smallest absolute Gasteiger partial charge is 0.258 e. The van der Waals surface area contributed by atoms with E-state index in [9.17, 15) is 28.7 Å². The summed E-state index contributed by atoms with van der Waals surface area (Å²) in [6, 6.07) is 18.7. The van der Waals surface area contributed by atoms with Gasteiger partial charge in [0.1, 0.15) is 18.2 Å². The second-order valence-corrected chi connectivity index (χ2v) is 14.3. The normalized spacial score (nSPS) is 30.2. The standard InChI is InChI=1S/C34H26Cl2FIN2O6/c35-33-17-25-22(13-14-24-27(25)30(43)39(29(24)42)20-11-7-19(38)8-12-20)28(23-3-1-2-4-26(23)46-16-15-41)34(33,36)32(45)40(31(33)44)21-9-5-18(37)6-10-21/h1-13,24-25,27-28,41H,14-17H2. The van der Waals surface area contributed by atoms with Gasteiger partial charge >= 0.3 is 0 Å². The molecule has 8 nitrogen and oxygen atoms in total. The molecule has 2 aliphatic carbocycles. The number of para-hydroxylation sites is 1. The number of carbonyl (C=O) groups is 4. The fourth-order valence-corrected chi connectivity index (χ4v) is 8.88. The fraction of sp³-hybridized carbons (Fsp3) is 0.294. The quantitative estimate of drug-likeness (QED) is 0.152. The molecule has 0 aromatic heterocycles. The molecule has 2 aliphatic heterocycles. The minimum absolute atomic E-state index is 0.0508. The molecule has 46 heavy (non-hydrogen) atoms. The van der Waals surface area contributed by atoms with Crippen LogP contribution in [0.5, 0.6) is 5.75 Å². The van der Waals surface area contributed by atoms with Crippen molar-refractivity contribution in [3.8, 4) is 5.75 Å². The lowest BCUT2D eigenvalue weighted by atomic mass is 9.56. The highest BCUT2D eigenvalue weighted by molar-refractivity contribution is 14.1. The molecule has 3 aromatic rings. The van der Waals surface area contributed by atoms with E-state index in [0.717, 1.165) is 20.6 Å². The number of aliphatic hydroxyl groups is 1. The third-order valence-corrected chi connectivity index (χ3v) is 11.7. The SMILES string of the molecule is O=C1C2CC=C3C(CC4(Cl)C(=O)N(c5ccc(F)cc5)C(=O)C4(Cl)C3c3ccccc3OCCO)C2C(=O)N1c1ccc(I)cc1. The van der Waals surface area contributed by atoms with Crippen molar-refractivity contribution >= 4 is 80.8 Å². The van der Waals surface area contributed by atoms with Crippen molar-refractivity contribution in [2.45, 2.75) is 28.5 Å². The van der Waals surface area contributed by atoms with Crippen LogP contribution in [-0.2, 0) is 19.2 Å². The van der Waals surface area contributed by atoms with E-state index in [1.165, 1.54) is 17.0 Å². The molecule has 2 saturated heterocycles. The highest BCUT2D eigenvalue weighted by atomic mass is 127. The minimum atomic E-state index is -2.09. The van der Waals surface area contributed by atoms with Gasteiger partial charge in [-0.25, -0.2) is 9.29 Å². The monoisotopic (exact) mass is 774 g/mol. The molecular formula is C34H26Cl2FIN2O6. The number of anilines is 2. The van der Waals surface area contributed by atoms with Crippen LogP contribution >= 0.6 is 45.8 Å². The Labute approximate surface area is 287 Å². The van der Waals surface area contributed by atoms with E-state index in [1.54, 1.807) is 36.4 Å². The Morgan fingerprint density at radius 1 is 0.870 bits per heavy atom. The van der Waals surface area contributed by atoms with Gasteiger partial charge in [-0.15, -0.1) is 23.2 Å². The van der Waals surface area contributed by atoms with E-state index in [1.807, 2.05) is 18.2 Å². The van der Waals surface area contributed by atoms with Crippen molar-refractivity contribution in [1.29, 1.82) is 0 Å². The van der Waals surface area contributed by atoms with Crippen LogP contribution in [0.25, 0.3) is 0 Å². The second-order valence-electron chi connectivity index (χ2n) is 11.8. The predicted molar refractivity (Wildman–Crippen MR) is 177 cm³/mol. The van der Waals surface area contributed by atoms with Crippen LogP contribution in [0.15, 0.2) is 84.4 Å². The van der Waals surface area contributed by atoms with Gasteiger partial charge in [0.05, 0.1) is 29.8 Å². The first-order chi connectivity index (χ1) is 22.0. The largest absolute Gasteiger partial charge is 0.491 e. The number of imide groups is 2. The Kier molecular flexibility index (Phi) is 7.77. The Balaban J connectivity index is 1.40. The number of benzene rings is 3. The minimum Gasteiger partial charge on any atom is -0.491 e. The molecule has 0 radical (unpaired) electrons. The predicted octanol–water partition coefficient (Wildman–Crippen LogP) is 5.57. The van der Waals surface area contributed by atoms with E-state index < -0.39 is 57.0 Å². The van der Waals surface area contributed by atoms with Crippen LogP contribution in [0.4, 0.5) is 15.8 Å². The zero-order valence-electron chi connectivity index (χ0n) is 24.0. The summed E-state index contributed by atoms with van der Waals surface area (Å²) in [5.41, 5.74) is 1.60. The van der Waals surface area contributed by atoms with Crippen molar-refractivity contribution in [3.05, 3.63) is 99.4 Å². The number of nitrogens with zero attached hydrogens (tertiary/aromatic N) is 2. The Hall–Kier alpha value is -3.32. The molecule has 236 valence electrons. The molecule has 1 N–H and O–H groups in total. The van der Waals surface area contributed by atoms with Gasteiger partial charge in [0.25, 0.3) is 11.8 Å². The third kappa shape index (κ3) is 4.40. The number of carbonyl (C=O) groups excluding carboxylic acids is 4. The van der Waals surface area contributed by atoms with Crippen LogP contribution < -0.4 is 14.5 Å². The van der Waals surface area contributed by atoms with Crippen LogP contribution in [0.3, 0.4) is 0 Å². The zero-order valence-corrected chi connectivity index (χ0v) is 27.7. The van der Waals surface area contributed by atoms with E-state index >= 15 is 0 Å². The maximum absolute atomic E-state index is 14.5. The first-order valence-corrected chi connectivity index (χ1v) is 16.5. The van der Waals surface area contributed by atoms with E-state index in [2.05, 4.69) is 22.6 Å². The van der Waals surface area contributed by atoms with Gasteiger partial charge in [0.15, 0.2) is 9.75 Å². The summed E-state index contributed by atoms with van der Waals surface area (Å²) in [4.78, 5) is 54.9. The molecule has 6 unspecified atom stereocenters. The number of fused-ring (bicyclic) bond motifs is 4. The van der Waals surface area contributed by atoms with Crippen molar-refractivity contribution in [1.82, 2.24) is 0 Å². The number of rotatable bonds is 6. The molecule has 4 aliphatic rings. The maximum Gasteiger partial charge on any atom is 0.258 e. The molecule has 0 bridgehead atoms. The summed E-state index contributed by atoms with van der Waals surface area (Å²) in [6.07, 6.45) is 1.87. The highest BCUT2D eigenvalue weighted by Crippen LogP contribution is 2.66. The average molecular weight is 775 g/mol. The molecule has 2 heterocycles. The molecule has 7 rings (SSSR count). The molecular weight excluding hydrogens is 749 g/mol. The fourth-order valence-electron chi connectivity index (χ4n) is 7.59. The van der Waals surface area contributed by atoms with Crippen LogP contribution in [0, 0.1) is 27.1 Å². The van der Waals surface area contributed by atoms with Crippen LogP contribution in [-0.4, -0.2) is 51.7 Å². The van der Waals surface area contributed by atoms with Gasteiger partial charge in [0.2, 0.25) is 11.8 Å². The van der Waals surface area contributed by atoms with Crippen LogP contribution in [0.1, 0.15) is 24.3 Å². The van der Waals surface area contributed by atoms with Gasteiger partial charge in [-0.1, -0.05) is 29.8 Å². The Morgan fingerprint density at radius 3 is 2.22 bits per heavy atom. The van der Waals surface area contributed by atoms with E-state index in [-0.39, 0.29) is 37.6 Å². The second kappa shape index (κ2) is 11.4. The van der Waals surface area contributed by atoms with Gasteiger partial charge in [-0.05, 0) is 95.9 Å².